The van der Waals surface area contributed by atoms with Crippen molar-refractivity contribution in [1.82, 2.24) is 10.2 Å². The van der Waals surface area contributed by atoms with Crippen molar-refractivity contribution in [3.8, 4) is 0 Å². The number of nitrogens with one attached hydrogen (secondary N) is 1. The highest BCUT2D eigenvalue weighted by atomic mass is 16.6. The van der Waals surface area contributed by atoms with Crippen LogP contribution in [0.4, 0.5) is 5.69 Å². The molecule has 0 spiro atoms. The number of non-ortho nitro benzene ring substituents is 1. The highest BCUT2D eigenvalue weighted by Crippen LogP contribution is 2.27. The highest BCUT2D eigenvalue weighted by Gasteiger charge is 2.27. The number of hydrogen-bond acceptors (Lipinski definition) is 6. The molecule has 0 fully saturated rings. The van der Waals surface area contributed by atoms with Crippen LogP contribution in [0.15, 0.2) is 40.6 Å². The molecule has 0 aliphatic carbocycles. The fourth-order valence-electron chi connectivity index (χ4n) is 2.30. The standard InChI is InChI=1S/C16H20N4O4/c1-19(2)8-7-17-10-13-15(21)9-14(18-16(13)22)11-3-5-12(6-4-11)20(23)24/h3-6,10,14,21H,7-9H2,1-2H3,(H,18,22). The smallest absolute Gasteiger partial charge is 0.269 e. The molecule has 1 unspecified atom stereocenters. The fraction of sp³-hybridized carbons (Fsp3) is 0.375. The number of hydrogen-bond donors (Lipinski definition) is 2. The first-order valence-corrected chi connectivity index (χ1v) is 7.50. The van der Waals surface area contributed by atoms with E-state index in [2.05, 4.69) is 10.3 Å². The minimum absolute atomic E-state index is 0.0191. The summed E-state index contributed by atoms with van der Waals surface area (Å²) in [6.45, 7) is 1.28. The zero-order chi connectivity index (χ0) is 17.7. The maximum absolute atomic E-state index is 12.2. The summed E-state index contributed by atoms with van der Waals surface area (Å²) in [7, 11) is 3.85. The number of amides is 1. The quantitative estimate of drug-likeness (QED) is 0.467. The van der Waals surface area contributed by atoms with E-state index in [-0.39, 0.29) is 23.4 Å². The summed E-state index contributed by atoms with van der Waals surface area (Å²) in [5.41, 5.74) is 0.838. The lowest BCUT2D eigenvalue weighted by molar-refractivity contribution is -0.384. The number of benzene rings is 1. The minimum atomic E-state index is -0.483. The Kier molecular flexibility index (Phi) is 5.64. The second kappa shape index (κ2) is 7.69. The number of carbonyl (C=O) groups excluding carboxylic acids is 1. The molecule has 1 aliphatic rings. The molecule has 0 aromatic heterocycles. The summed E-state index contributed by atoms with van der Waals surface area (Å²) in [4.78, 5) is 28.5. The summed E-state index contributed by atoms with van der Waals surface area (Å²) < 4.78 is 0. The van der Waals surface area contributed by atoms with Crippen LogP contribution in [0.5, 0.6) is 0 Å². The van der Waals surface area contributed by atoms with Crippen LogP contribution in [-0.2, 0) is 4.79 Å². The largest absolute Gasteiger partial charge is 0.511 e. The molecule has 2 rings (SSSR count). The van der Waals surface area contributed by atoms with Gasteiger partial charge in [0.05, 0.1) is 23.1 Å². The third-order valence-electron chi connectivity index (χ3n) is 3.66. The second-order valence-corrected chi connectivity index (χ2v) is 5.78. The van der Waals surface area contributed by atoms with Gasteiger partial charge in [0, 0.05) is 31.3 Å². The van der Waals surface area contributed by atoms with Crippen molar-refractivity contribution in [1.29, 1.82) is 0 Å². The number of aliphatic imine (C=N–C) groups is 1. The zero-order valence-electron chi connectivity index (χ0n) is 13.6. The van der Waals surface area contributed by atoms with Crippen molar-refractivity contribution < 1.29 is 14.8 Å². The molecule has 0 radical (unpaired) electrons. The van der Waals surface area contributed by atoms with Gasteiger partial charge >= 0.3 is 0 Å². The topological polar surface area (TPSA) is 108 Å². The van der Waals surface area contributed by atoms with E-state index in [9.17, 15) is 20.0 Å². The number of nitro groups is 1. The summed E-state index contributed by atoms with van der Waals surface area (Å²) in [5.74, 6) is -0.439. The van der Waals surface area contributed by atoms with Gasteiger partial charge in [-0.25, -0.2) is 0 Å². The van der Waals surface area contributed by atoms with Gasteiger partial charge in [-0.1, -0.05) is 12.1 Å². The van der Waals surface area contributed by atoms with E-state index in [0.717, 1.165) is 6.54 Å². The van der Waals surface area contributed by atoms with Crippen LogP contribution < -0.4 is 5.32 Å². The maximum Gasteiger partial charge on any atom is 0.269 e. The second-order valence-electron chi connectivity index (χ2n) is 5.78. The predicted octanol–water partition coefficient (Wildman–Crippen LogP) is 1.60. The van der Waals surface area contributed by atoms with Crippen molar-refractivity contribution in [3.63, 3.8) is 0 Å². The van der Waals surface area contributed by atoms with Gasteiger partial charge in [-0.2, -0.15) is 0 Å². The van der Waals surface area contributed by atoms with Gasteiger partial charge in [-0.3, -0.25) is 19.9 Å². The molecule has 1 atom stereocenters. The molecule has 8 heteroatoms. The van der Waals surface area contributed by atoms with Gasteiger partial charge in [0.25, 0.3) is 11.6 Å². The molecule has 8 nitrogen and oxygen atoms in total. The summed E-state index contributed by atoms with van der Waals surface area (Å²) in [5, 5.41) is 23.6. The number of rotatable bonds is 6. The molecule has 0 bridgehead atoms. The van der Waals surface area contributed by atoms with Crippen molar-refractivity contribution >= 4 is 17.8 Å². The lowest BCUT2D eigenvalue weighted by Gasteiger charge is -2.24. The Bertz CT molecular complexity index is 680. The average molecular weight is 332 g/mol. The Morgan fingerprint density at radius 3 is 2.62 bits per heavy atom. The third-order valence-corrected chi connectivity index (χ3v) is 3.66. The molecule has 1 aromatic carbocycles. The lowest BCUT2D eigenvalue weighted by Crippen LogP contribution is -2.35. The minimum Gasteiger partial charge on any atom is -0.511 e. The molecule has 1 aliphatic heterocycles. The van der Waals surface area contributed by atoms with E-state index in [1.165, 1.54) is 18.3 Å². The van der Waals surface area contributed by atoms with Crippen molar-refractivity contribution in [3.05, 3.63) is 51.3 Å². The number of nitrogens with zero attached hydrogens (tertiary/aromatic N) is 3. The van der Waals surface area contributed by atoms with Gasteiger partial charge in [0.1, 0.15) is 5.76 Å². The molecule has 2 N–H and O–H groups in total. The normalized spacial score (nSPS) is 18.3. The van der Waals surface area contributed by atoms with E-state index < -0.39 is 16.9 Å². The van der Waals surface area contributed by atoms with E-state index in [1.54, 1.807) is 12.1 Å². The first kappa shape index (κ1) is 17.6. The summed E-state index contributed by atoms with van der Waals surface area (Å²) in [6, 6.07) is 5.48. The van der Waals surface area contributed by atoms with Gasteiger partial charge < -0.3 is 15.3 Å². The molecular weight excluding hydrogens is 312 g/mol. The third kappa shape index (κ3) is 4.39. The predicted molar refractivity (Wildman–Crippen MR) is 90.2 cm³/mol. The lowest BCUT2D eigenvalue weighted by atomic mass is 9.96. The molecule has 128 valence electrons. The van der Waals surface area contributed by atoms with Gasteiger partial charge in [0.15, 0.2) is 0 Å². The van der Waals surface area contributed by atoms with E-state index in [4.69, 9.17) is 0 Å². The van der Waals surface area contributed by atoms with E-state index in [0.29, 0.717) is 12.1 Å². The van der Waals surface area contributed by atoms with Crippen LogP contribution in [0, 0.1) is 10.1 Å². The molecular formula is C16H20N4O4. The van der Waals surface area contributed by atoms with Crippen LogP contribution >= 0.6 is 0 Å². The number of likely N-dealkylation sites (N-methyl/N-ethyl adjacent to an activating group) is 1. The summed E-state index contributed by atoms with van der Waals surface area (Å²) in [6.07, 6.45) is 1.61. The molecule has 0 saturated heterocycles. The Hall–Kier alpha value is -2.74. The van der Waals surface area contributed by atoms with Crippen LogP contribution in [0.1, 0.15) is 18.0 Å². The number of aliphatic hydroxyl groups excluding tert-OH is 1. The average Bonchev–Trinajstić information content (AvgIpc) is 2.53. The van der Waals surface area contributed by atoms with Crippen molar-refractivity contribution in [2.24, 2.45) is 4.99 Å². The molecule has 1 heterocycles. The van der Waals surface area contributed by atoms with Crippen LogP contribution in [-0.4, -0.2) is 54.2 Å². The Morgan fingerprint density at radius 2 is 2.08 bits per heavy atom. The van der Waals surface area contributed by atoms with Gasteiger partial charge in [-0.15, -0.1) is 0 Å². The zero-order valence-corrected chi connectivity index (χ0v) is 13.6. The number of carbonyl (C=O) groups is 1. The highest BCUT2D eigenvalue weighted by molar-refractivity contribution is 6.13. The molecule has 1 amide bonds. The summed E-state index contributed by atoms with van der Waals surface area (Å²) >= 11 is 0. The number of aliphatic hydroxyl groups is 1. The van der Waals surface area contributed by atoms with E-state index >= 15 is 0 Å². The molecule has 0 saturated carbocycles. The van der Waals surface area contributed by atoms with Gasteiger partial charge in [0.2, 0.25) is 0 Å². The number of nitro benzene ring substituents is 1. The van der Waals surface area contributed by atoms with Crippen molar-refractivity contribution in [2.75, 3.05) is 27.2 Å². The first-order chi connectivity index (χ1) is 11.4. The van der Waals surface area contributed by atoms with Gasteiger partial charge in [-0.05, 0) is 19.7 Å². The van der Waals surface area contributed by atoms with Crippen LogP contribution in [0.25, 0.3) is 0 Å². The fourth-order valence-corrected chi connectivity index (χ4v) is 2.30. The van der Waals surface area contributed by atoms with Crippen LogP contribution in [0.3, 0.4) is 0 Å². The first-order valence-electron chi connectivity index (χ1n) is 7.50. The van der Waals surface area contributed by atoms with Crippen molar-refractivity contribution in [2.45, 2.75) is 12.5 Å². The SMILES string of the molecule is CN(C)CCN=CC1=C(O)CC(c2ccc([N+](=O)[O-])cc2)NC1=O. The Morgan fingerprint density at radius 1 is 1.42 bits per heavy atom. The monoisotopic (exact) mass is 332 g/mol. The maximum atomic E-state index is 12.2. The van der Waals surface area contributed by atoms with Crippen LogP contribution in [0.2, 0.25) is 0 Å². The Labute approximate surface area is 139 Å². The Balaban J connectivity index is 2.08. The van der Waals surface area contributed by atoms with E-state index in [1.807, 2.05) is 19.0 Å². The molecule has 24 heavy (non-hydrogen) atoms. The molecule has 1 aromatic rings.